The van der Waals surface area contributed by atoms with Gasteiger partial charge in [0.15, 0.2) is 0 Å². The van der Waals surface area contributed by atoms with Crippen molar-refractivity contribution in [3.05, 3.63) is 40.0 Å². The van der Waals surface area contributed by atoms with Gasteiger partial charge < -0.3 is 10.6 Å². The third kappa shape index (κ3) is 3.51. The lowest BCUT2D eigenvalue weighted by molar-refractivity contribution is 0.0950. The molecule has 19 heavy (non-hydrogen) atoms. The van der Waals surface area contributed by atoms with Gasteiger partial charge in [-0.1, -0.05) is 6.92 Å². The van der Waals surface area contributed by atoms with Crippen LogP contribution in [-0.2, 0) is 13.0 Å². The van der Waals surface area contributed by atoms with Crippen LogP contribution in [0.1, 0.15) is 28.0 Å². The van der Waals surface area contributed by atoms with Crippen molar-refractivity contribution < 1.29 is 4.79 Å². The molecule has 0 atom stereocenters. The Morgan fingerprint density at radius 2 is 2.26 bits per heavy atom. The number of rotatable bonds is 5. The van der Waals surface area contributed by atoms with Crippen LogP contribution < -0.4 is 10.6 Å². The van der Waals surface area contributed by atoms with Crippen LogP contribution in [0.5, 0.6) is 0 Å². The molecule has 2 heterocycles. The Hall–Kier alpha value is -1.95. The van der Waals surface area contributed by atoms with E-state index in [4.69, 9.17) is 0 Å². The van der Waals surface area contributed by atoms with Crippen molar-refractivity contribution >= 4 is 23.1 Å². The Bertz CT molecular complexity index is 550. The minimum absolute atomic E-state index is 0.136. The summed E-state index contributed by atoms with van der Waals surface area (Å²) < 4.78 is 0. The number of anilines is 1. The second-order valence-electron chi connectivity index (χ2n) is 3.95. The molecule has 0 aliphatic rings. The number of nitrogens with zero attached hydrogens (tertiary/aromatic N) is 2. The van der Waals surface area contributed by atoms with Crippen molar-refractivity contribution in [1.29, 1.82) is 0 Å². The van der Waals surface area contributed by atoms with E-state index in [1.165, 1.54) is 0 Å². The van der Waals surface area contributed by atoms with Gasteiger partial charge in [0.2, 0.25) is 0 Å². The Kier molecular flexibility index (Phi) is 4.46. The summed E-state index contributed by atoms with van der Waals surface area (Å²) in [5.74, 6) is 0.604. The molecule has 0 aliphatic carbocycles. The Balaban J connectivity index is 1.93. The molecule has 5 nitrogen and oxygen atoms in total. The van der Waals surface area contributed by atoms with Crippen molar-refractivity contribution in [2.75, 3.05) is 12.4 Å². The fourth-order valence-corrected chi connectivity index (χ4v) is 2.34. The summed E-state index contributed by atoms with van der Waals surface area (Å²) in [6.45, 7) is 2.52. The lowest BCUT2D eigenvalue weighted by Crippen LogP contribution is -2.22. The van der Waals surface area contributed by atoms with Crippen LogP contribution in [-0.4, -0.2) is 22.9 Å². The SMILES string of the molecule is CCc1csc(CNC(=O)c2ccc(NC)nc2)n1. The van der Waals surface area contributed by atoms with Gasteiger partial charge in [0.25, 0.3) is 5.91 Å². The van der Waals surface area contributed by atoms with Gasteiger partial charge in [-0.3, -0.25) is 4.79 Å². The van der Waals surface area contributed by atoms with Crippen LogP contribution in [0.2, 0.25) is 0 Å². The van der Waals surface area contributed by atoms with Crippen LogP contribution in [0.4, 0.5) is 5.82 Å². The number of hydrogen-bond acceptors (Lipinski definition) is 5. The maximum atomic E-state index is 11.9. The minimum atomic E-state index is -0.136. The number of pyridine rings is 1. The molecule has 6 heteroatoms. The highest BCUT2D eigenvalue weighted by atomic mass is 32.1. The average Bonchev–Trinajstić information content (AvgIpc) is 2.93. The van der Waals surface area contributed by atoms with E-state index in [1.807, 2.05) is 5.38 Å². The molecule has 2 aromatic heterocycles. The van der Waals surface area contributed by atoms with Crippen LogP contribution >= 0.6 is 11.3 Å². The largest absolute Gasteiger partial charge is 0.373 e. The van der Waals surface area contributed by atoms with Crippen molar-refractivity contribution in [1.82, 2.24) is 15.3 Å². The first kappa shape index (κ1) is 13.5. The monoisotopic (exact) mass is 276 g/mol. The average molecular weight is 276 g/mol. The molecule has 2 rings (SSSR count). The number of aromatic nitrogens is 2. The van der Waals surface area contributed by atoms with E-state index in [1.54, 1.807) is 36.7 Å². The first-order valence-electron chi connectivity index (χ1n) is 6.08. The normalized spacial score (nSPS) is 10.2. The van der Waals surface area contributed by atoms with Gasteiger partial charge in [-0.2, -0.15) is 0 Å². The molecule has 0 aliphatic heterocycles. The fourth-order valence-electron chi connectivity index (χ4n) is 1.53. The number of hydrogen-bond donors (Lipinski definition) is 2. The summed E-state index contributed by atoms with van der Waals surface area (Å²) in [7, 11) is 1.79. The summed E-state index contributed by atoms with van der Waals surface area (Å²) in [4.78, 5) is 20.4. The van der Waals surface area contributed by atoms with E-state index in [2.05, 4.69) is 27.5 Å². The standard InChI is InChI=1S/C13H16N4OS/c1-3-10-8-19-12(17-10)7-16-13(18)9-4-5-11(14-2)15-6-9/h4-6,8H,3,7H2,1-2H3,(H,14,15)(H,16,18). The summed E-state index contributed by atoms with van der Waals surface area (Å²) in [6.07, 6.45) is 2.47. The molecule has 1 amide bonds. The topological polar surface area (TPSA) is 66.9 Å². The Morgan fingerprint density at radius 3 is 2.84 bits per heavy atom. The molecule has 0 bridgehead atoms. The molecule has 0 fully saturated rings. The third-order valence-electron chi connectivity index (χ3n) is 2.64. The molecule has 2 aromatic rings. The van der Waals surface area contributed by atoms with E-state index in [9.17, 15) is 4.79 Å². The van der Waals surface area contributed by atoms with Crippen LogP contribution in [0.15, 0.2) is 23.7 Å². The molecule has 0 aromatic carbocycles. The van der Waals surface area contributed by atoms with Gasteiger partial charge in [0.1, 0.15) is 10.8 Å². The van der Waals surface area contributed by atoms with Gasteiger partial charge >= 0.3 is 0 Å². The molecular formula is C13H16N4OS. The third-order valence-corrected chi connectivity index (χ3v) is 3.54. The summed E-state index contributed by atoms with van der Waals surface area (Å²) in [5, 5.41) is 8.69. The zero-order valence-electron chi connectivity index (χ0n) is 10.9. The predicted molar refractivity (Wildman–Crippen MR) is 76.4 cm³/mol. The summed E-state index contributed by atoms with van der Waals surface area (Å²) >= 11 is 1.57. The zero-order valence-corrected chi connectivity index (χ0v) is 11.8. The van der Waals surface area contributed by atoms with Crippen molar-refractivity contribution in [2.24, 2.45) is 0 Å². The van der Waals surface area contributed by atoms with E-state index in [-0.39, 0.29) is 5.91 Å². The van der Waals surface area contributed by atoms with E-state index in [0.29, 0.717) is 12.1 Å². The molecule has 0 unspecified atom stereocenters. The predicted octanol–water partition coefficient (Wildman–Crippen LogP) is 2.07. The number of carbonyl (C=O) groups is 1. The van der Waals surface area contributed by atoms with Crippen molar-refractivity contribution in [3.63, 3.8) is 0 Å². The van der Waals surface area contributed by atoms with Crippen LogP contribution in [0, 0.1) is 0 Å². The quantitative estimate of drug-likeness (QED) is 0.877. The van der Waals surface area contributed by atoms with Gasteiger partial charge in [0, 0.05) is 18.6 Å². The fraction of sp³-hybridized carbons (Fsp3) is 0.308. The first-order chi connectivity index (χ1) is 9.22. The summed E-state index contributed by atoms with van der Waals surface area (Å²) in [5.41, 5.74) is 1.61. The number of carbonyl (C=O) groups excluding carboxylic acids is 1. The van der Waals surface area contributed by atoms with Gasteiger partial charge in [-0.15, -0.1) is 11.3 Å². The smallest absolute Gasteiger partial charge is 0.253 e. The lowest BCUT2D eigenvalue weighted by atomic mass is 10.2. The number of aryl methyl sites for hydroxylation is 1. The zero-order chi connectivity index (χ0) is 13.7. The highest BCUT2D eigenvalue weighted by Gasteiger charge is 2.07. The maximum absolute atomic E-state index is 11.9. The number of thiazole rings is 1. The molecule has 0 spiro atoms. The van der Waals surface area contributed by atoms with Gasteiger partial charge in [0.05, 0.1) is 17.8 Å². The molecule has 0 radical (unpaired) electrons. The highest BCUT2D eigenvalue weighted by molar-refractivity contribution is 7.09. The molecule has 0 saturated carbocycles. The molecule has 100 valence electrons. The van der Waals surface area contributed by atoms with Crippen LogP contribution in [0.25, 0.3) is 0 Å². The number of nitrogens with one attached hydrogen (secondary N) is 2. The van der Waals surface area contributed by atoms with Crippen molar-refractivity contribution in [3.8, 4) is 0 Å². The second-order valence-corrected chi connectivity index (χ2v) is 4.89. The number of amides is 1. The van der Waals surface area contributed by atoms with Gasteiger partial charge in [-0.05, 0) is 18.6 Å². The Labute approximate surface area is 116 Å². The Morgan fingerprint density at radius 1 is 1.42 bits per heavy atom. The molecule has 2 N–H and O–H groups in total. The molecular weight excluding hydrogens is 260 g/mol. The van der Waals surface area contributed by atoms with E-state index in [0.717, 1.165) is 22.9 Å². The van der Waals surface area contributed by atoms with E-state index >= 15 is 0 Å². The molecule has 0 saturated heterocycles. The summed E-state index contributed by atoms with van der Waals surface area (Å²) in [6, 6.07) is 3.51. The maximum Gasteiger partial charge on any atom is 0.253 e. The minimum Gasteiger partial charge on any atom is -0.373 e. The van der Waals surface area contributed by atoms with Gasteiger partial charge in [-0.25, -0.2) is 9.97 Å². The van der Waals surface area contributed by atoms with Crippen LogP contribution in [0.3, 0.4) is 0 Å². The first-order valence-corrected chi connectivity index (χ1v) is 6.96. The van der Waals surface area contributed by atoms with E-state index < -0.39 is 0 Å². The highest BCUT2D eigenvalue weighted by Crippen LogP contribution is 2.10. The second kappa shape index (κ2) is 6.29. The lowest BCUT2D eigenvalue weighted by Gasteiger charge is -2.04. The van der Waals surface area contributed by atoms with Crippen molar-refractivity contribution in [2.45, 2.75) is 19.9 Å².